The van der Waals surface area contributed by atoms with Crippen molar-refractivity contribution >= 4 is 0 Å². The predicted octanol–water partition coefficient (Wildman–Crippen LogP) is 2.86. The van der Waals surface area contributed by atoms with Crippen molar-refractivity contribution in [3.8, 4) is 11.9 Å². The lowest BCUT2D eigenvalue weighted by molar-refractivity contribution is -0.0185. The molecule has 2 aromatic rings. The molecule has 0 radical (unpaired) electrons. The highest BCUT2D eigenvalue weighted by atomic mass is 16.5. The summed E-state index contributed by atoms with van der Waals surface area (Å²) in [6, 6.07) is 12.9. The van der Waals surface area contributed by atoms with E-state index in [4.69, 9.17) is 10.00 Å². The van der Waals surface area contributed by atoms with Crippen LogP contribution in [0, 0.1) is 18.3 Å². The van der Waals surface area contributed by atoms with Crippen molar-refractivity contribution in [2.75, 3.05) is 0 Å². The first-order valence-corrected chi connectivity index (χ1v) is 7.09. The highest BCUT2D eigenvalue weighted by Crippen LogP contribution is 2.21. The number of aryl methyl sites for hydroxylation is 1. The molecular weight excluding hydrogens is 280 g/mol. The Morgan fingerprint density at radius 3 is 2.64 bits per heavy atom. The Morgan fingerprint density at radius 2 is 2.05 bits per heavy atom. The Balaban J connectivity index is 2.32. The fourth-order valence-corrected chi connectivity index (χ4v) is 2.28. The second kappa shape index (κ2) is 6.92. The molecule has 2 rings (SSSR count). The summed E-state index contributed by atoms with van der Waals surface area (Å²) in [5, 5.41) is 19.2. The molecule has 0 aliphatic rings. The van der Waals surface area contributed by atoms with Gasteiger partial charge in [-0.2, -0.15) is 5.26 Å². The standard InChI is InChI=1S/C17H18N2O3/c1-3-16(22-11-13-7-5-4-6-8-13)19-15(20)9-12(2)14(10-18)17(19)21/h4-9,16,20H,3,11H2,1-2H3. The zero-order valence-corrected chi connectivity index (χ0v) is 12.6. The summed E-state index contributed by atoms with van der Waals surface area (Å²) in [5.74, 6) is -0.193. The number of pyridine rings is 1. The predicted molar refractivity (Wildman–Crippen MR) is 82.4 cm³/mol. The maximum absolute atomic E-state index is 12.4. The van der Waals surface area contributed by atoms with Crippen LogP contribution in [0.1, 0.15) is 36.3 Å². The number of hydrogen-bond donors (Lipinski definition) is 1. The van der Waals surface area contributed by atoms with Crippen LogP contribution < -0.4 is 5.56 Å². The summed E-state index contributed by atoms with van der Waals surface area (Å²) in [7, 11) is 0. The molecular formula is C17H18N2O3. The van der Waals surface area contributed by atoms with Gasteiger partial charge in [0.15, 0.2) is 5.88 Å². The third-order valence-corrected chi connectivity index (χ3v) is 3.45. The number of benzene rings is 1. The van der Waals surface area contributed by atoms with E-state index in [1.54, 1.807) is 6.92 Å². The molecule has 22 heavy (non-hydrogen) atoms. The fraction of sp³-hybridized carbons (Fsp3) is 0.294. The van der Waals surface area contributed by atoms with Gasteiger partial charge in [0.25, 0.3) is 5.56 Å². The van der Waals surface area contributed by atoms with Gasteiger partial charge in [0, 0.05) is 6.07 Å². The number of hydrogen-bond acceptors (Lipinski definition) is 4. The van der Waals surface area contributed by atoms with E-state index in [0.29, 0.717) is 18.6 Å². The van der Waals surface area contributed by atoms with E-state index in [9.17, 15) is 9.90 Å². The van der Waals surface area contributed by atoms with Crippen LogP contribution >= 0.6 is 0 Å². The second-order valence-corrected chi connectivity index (χ2v) is 5.01. The first-order chi connectivity index (χ1) is 10.6. The van der Waals surface area contributed by atoms with Crippen molar-refractivity contribution in [1.29, 1.82) is 5.26 Å². The maximum atomic E-state index is 12.4. The van der Waals surface area contributed by atoms with E-state index in [1.807, 2.05) is 43.3 Å². The molecule has 0 saturated carbocycles. The third-order valence-electron chi connectivity index (χ3n) is 3.45. The first kappa shape index (κ1) is 15.8. The first-order valence-electron chi connectivity index (χ1n) is 7.09. The Kier molecular flexibility index (Phi) is 4.97. The van der Waals surface area contributed by atoms with Gasteiger partial charge in [-0.05, 0) is 24.5 Å². The summed E-state index contributed by atoms with van der Waals surface area (Å²) in [6.45, 7) is 3.80. The van der Waals surface area contributed by atoms with Gasteiger partial charge in [0.1, 0.15) is 17.9 Å². The van der Waals surface area contributed by atoms with Gasteiger partial charge < -0.3 is 9.84 Å². The molecule has 1 N–H and O–H groups in total. The lowest BCUT2D eigenvalue weighted by atomic mass is 10.1. The lowest BCUT2D eigenvalue weighted by Gasteiger charge is -2.21. The van der Waals surface area contributed by atoms with E-state index in [0.717, 1.165) is 10.1 Å². The SMILES string of the molecule is CCC(OCc1ccccc1)n1c(O)cc(C)c(C#N)c1=O. The van der Waals surface area contributed by atoms with Gasteiger partial charge in [-0.15, -0.1) is 0 Å². The summed E-state index contributed by atoms with van der Waals surface area (Å²) < 4.78 is 6.89. The fourth-order valence-electron chi connectivity index (χ4n) is 2.28. The summed E-state index contributed by atoms with van der Waals surface area (Å²) in [6.07, 6.45) is -0.130. The van der Waals surface area contributed by atoms with Crippen LogP contribution in [0.4, 0.5) is 0 Å². The lowest BCUT2D eigenvalue weighted by Crippen LogP contribution is -2.28. The molecule has 0 aliphatic carbocycles. The minimum Gasteiger partial charge on any atom is -0.494 e. The van der Waals surface area contributed by atoms with Crippen LogP contribution in [0.2, 0.25) is 0 Å². The Morgan fingerprint density at radius 1 is 1.36 bits per heavy atom. The van der Waals surface area contributed by atoms with E-state index < -0.39 is 11.8 Å². The third kappa shape index (κ3) is 3.18. The van der Waals surface area contributed by atoms with Gasteiger partial charge in [-0.1, -0.05) is 37.3 Å². The largest absolute Gasteiger partial charge is 0.494 e. The van der Waals surface area contributed by atoms with Crippen molar-refractivity contribution in [2.24, 2.45) is 0 Å². The topological polar surface area (TPSA) is 75.2 Å². The summed E-state index contributed by atoms with van der Waals surface area (Å²) in [5.41, 5.74) is 0.930. The van der Waals surface area contributed by atoms with Crippen LogP contribution in [-0.2, 0) is 11.3 Å². The Bertz CT molecular complexity index is 745. The molecule has 5 heteroatoms. The van der Waals surface area contributed by atoms with Crippen LogP contribution in [0.25, 0.3) is 0 Å². The van der Waals surface area contributed by atoms with E-state index in [-0.39, 0.29) is 11.4 Å². The number of aromatic hydroxyl groups is 1. The summed E-state index contributed by atoms with van der Waals surface area (Å²) >= 11 is 0. The van der Waals surface area contributed by atoms with Crippen molar-refractivity contribution in [1.82, 2.24) is 4.57 Å². The number of nitrogens with zero attached hydrogens (tertiary/aromatic N) is 2. The van der Waals surface area contributed by atoms with Crippen molar-refractivity contribution in [2.45, 2.75) is 33.1 Å². The molecule has 0 saturated heterocycles. The van der Waals surface area contributed by atoms with Gasteiger partial charge in [0.2, 0.25) is 0 Å². The molecule has 0 amide bonds. The number of ether oxygens (including phenoxy) is 1. The Hall–Kier alpha value is -2.58. The molecule has 1 aromatic heterocycles. The van der Waals surface area contributed by atoms with E-state index in [2.05, 4.69) is 0 Å². The average Bonchev–Trinajstić information content (AvgIpc) is 2.51. The molecule has 1 aromatic carbocycles. The molecule has 1 unspecified atom stereocenters. The van der Waals surface area contributed by atoms with Crippen LogP contribution in [0.3, 0.4) is 0 Å². The average molecular weight is 298 g/mol. The molecule has 0 spiro atoms. The maximum Gasteiger partial charge on any atom is 0.273 e. The second-order valence-electron chi connectivity index (χ2n) is 5.01. The molecule has 0 aliphatic heterocycles. The molecule has 5 nitrogen and oxygen atoms in total. The number of aromatic nitrogens is 1. The number of nitriles is 1. The van der Waals surface area contributed by atoms with Gasteiger partial charge in [0.05, 0.1) is 6.61 Å². The highest BCUT2D eigenvalue weighted by molar-refractivity contribution is 5.37. The van der Waals surface area contributed by atoms with Crippen molar-refractivity contribution < 1.29 is 9.84 Å². The molecule has 0 bridgehead atoms. The monoisotopic (exact) mass is 298 g/mol. The van der Waals surface area contributed by atoms with Crippen molar-refractivity contribution in [3.63, 3.8) is 0 Å². The minimum atomic E-state index is -0.625. The Labute approximate surface area is 129 Å². The van der Waals surface area contributed by atoms with Gasteiger partial charge >= 0.3 is 0 Å². The van der Waals surface area contributed by atoms with Crippen molar-refractivity contribution in [3.05, 3.63) is 63.4 Å². The van der Waals surface area contributed by atoms with Gasteiger partial charge in [-0.3, -0.25) is 9.36 Å². The smallest absolute Gasteiger partial charge is 0.273 e. The quantitative estimate of drug-likeness (QED) is 0.921. The van der Waals surface area contributed by atoms with Crippen LogP contribution in [0.15, 0.2) is 41.2 Å². The normalized spacial score (nSPS) is 11.9. The van der Waals surface area contributed by atoms with E-state index >= 15 is 0 Å². The molecule has 0 fully saturated rings. The molecule has 1 heterocycles. The van der Waals surface area contributed by atoms with Crippen LogP contribution in [0.5, 0.6) is 5.88 Å². The zero-order chi connectivity index (χ0) is 16.1. The van der Waals surface area contributed by atoms with Gasteiger partial charge in [-0.25, -0.2) is 0 Å². The van der Waals surface area contributed by atoms with Crippen LogP contribution in [-0.4, -0.2) is 9.67 Å². The summed E-state index contributed by atoms with van der Waals surface area (Å²) in [4.78, 5) is 12.4. The highest BCUT2D eigenvalue weighted by Gasteiger charge is 2.19. The molecule has 114 valence electrons. The minimum absolute atomic E-state index is 0.0274. The zero-order valence-electron chi connectivity index (χ0n) is 12.6. The van der Waals surface area contributed by atoms with E-state index in [1.165, 1.54) is 6.07 Å². The molecule has 1 atom stereocenters. The number of rotatable bonds is 5.